The smallest absolute Gasteiger partial charge is 0.263 e. The summed E-state index contributed by atoms with van der Waals surface area (Å²) < 4.78 is 7.14. The molecule has 4 aromatic carbocycles. The largest absolute Gasteiger partial charge is 0.497 e. The summed E-state index contributed by atoms with van der Waals surface area (Å²) in [5.41, 5.74) is 5.81. The second-order valence-corrected chi connectivity index (χ2v) is 13.2. The highest BCUT2D eigenvalue weighted by Crippen LogP contribution is 2.50. The standard InChI is InChI=1S/C38H35N3O3S/c1-26(35(42)40(28-14-5-3-6-15-28)29-16-7-4-8-17-29)45-37-39-34-32-18-10-9-13-27(32)25-38(23-11-12-24-38)33(34)36(43)41(37)30-19-21-31(44-2)22-20-30/h3-10,13-22,26H,11-12,23-25H2,1-2H3/t26-/m1/s1. The van der Waals surface area contributed by atoms with E-state index in [0.29, 0.717) is 16.6 Å². The van der Waals surface area contributed by atoms with E-state index in [1.165, 1.54) is 17.3 Å². The number of carbonyl (C=O) groups excluding carboxylic acids is 1. The van der Waals surface area contributed by atoms with Crippen molar-refractivity contribution in [2.45, 2.75) is 54.8 Å². The van der Waals surface area contributed by atoms with Crippen molar-refractivity contribution >= 4 is 29.0 Å². The van der Waals surface area contributed by atoms with Gasteiger partial charge in [0, 0.05) is 22.4 Å². The first kappa shape index (κ1) is 29.1. The number of aromatic nitrogens is 2. The molecule has 7 rings (SSSR count). The van der Waals surface area contributed by atoms with Crippen molar-refractivity contribution in [1.82, 2.24) is 9.55 Å². The van der Waals surface area contributed by atoms with Crippen LogP contribution >= 0.6 is 11.8 Å². The predicted octanol–water partition coefficient (Wildman–Crippen LogP) is 8.12. The highest BCUT2D eigenvalue weighted by Gasteiger charge is 2.45. The van der Waals surface area contributed by atoms with Gasteiger partial charge < -0.3 is 4.74 Å². The lowest BCUT2D eigenvalue weighted by Gasteiger charge is -2.36. The highest BCUT2D eigenvalue weighted by atomic mass is 32.2. The number of methoxy groups -OCH3 is 1. The van der Waals surface area contributed by atoms with Gasteiger partial charge >= 0.3 is 0 Å². The van der Waals surface area contributed by atoms with E-state index >= 15 is 0 Å². The minimum atomic E-state index is -0.556. The third kappa shape index (κ3) is 5.25. The number of carbonyl (C=O) groups is 1. The van der Waals surface area contributed by atoms with Gasteiger partial charge in [0.2, 0.25) is 5.91 Å². The second kappa shape index (κ2) is 12.1. The third-order valence-corrected chi connectivity index (χ3v) is 10.2. The lowest BCUT2D eigenvalue weighted by molar-refractivity contribution is -0.117. The van der Waals surface area contributed by atoms with Crippen LogP contribution in [0.5, 0.6) is 5.75 Å². The second-order valence-electron chi connectivity index (χ2n) is 11.9. The molecule has 0 unspecified atom stereocenters. The van der Waals surface area contributed by atoms with E-state index in [1.807, 2.05) is 97.9 Å². The van der Waals surface area contributed by atoms with E-state index in [1.54, 1.807) is 16.6 Å². The molecule has 0 aliphatic heterocycles. The Morgan fingerprint density at radius 2 is 1.47 bits per heavy atom. The Bertz CT molecular complexity index is 1860. The van der Waals surface area contributed by atoms with Crippen LogP contribution in [0, 0.1) is 0 Å². The van der Waals surface area contributed by atoms with Gasteiger partial charge in [-0.2, -0.15) is 0 Å². The van der Waals surface area contributed by atoms with E-state index in [4.69, 9.17) is 9.72 Å². The number of fused-ring (bicyclic) bond motifs is 4. The average Bonchev–Trinajstić information content (AvgIpc) is 3.54. The molecule has 6 nitrogen and oxygen atoms in total. The van der Waals surface area contributed by atoms with Gasteiger partial charge in [0.25, 0.3) is 5.56 Å². The maximum Gasteiger partial charge on any atom is 0.263 e. The monoisotopic (exact) mass is 613 g/mol. The first-order chi connectivity index (χ1) is 22.0. The van der Waals surface area contributed by atoms with E-state index in [0.717, 1.165) is 60.3 Å². The van der Waals surface area contributed by atoms with Crippen molar-refractivity contribution in [3.05, 3.63) is 131 Å². The maximum absolute atomic E-state index is 14.9. The summed E-state index contributed by atoms with van der Waals surface area (Å²) in [7, 11) is 1.63. The Morgan fingerprint density at radius 3 is 2.09 bits per heavy atom. The molecule has 1 aromatic heterocycles. The molecule has 7 heteroatoms. The molecule has 1 atom stereocenters. The molecule has 1 amide bonds. The number of hydrogen-bond donors (Lipinski definition) is 0. The Balaban J connectivity index is 1.38. The summed E-state index contributed by atoms with van der Waals surface area (Å²) in [6, 6.07) is 35.2. The fourth-order valence-corrected chi connectivity index (χ4v) is 7.96. The zero-order valence-electron chi connectivity index (χ0n) is 25.5. The van der Waals surface area contributed by atoms with E-state index in [2.05, 4.69) is 18.2 Å². The van der Waals surface area contributed by atoms with Crippen molar-refractivity contribution in [2.75, 3.05) is 12.0 Å². The van der Waals surface area contributed by atoms with Crippen molar-refractivity contribution in [3.8, 4) is 22.7 Å². The highest BCUT2D eigenvalue weighted by molar-refractivity contribution is 8.00. The van der Waals surface area contributed by atoms with Gasteiger partial charge in [0.05, 0.1) is 29.3 Å². The van der Waals surface area contributed by atoms with Crippen molar-refractivity contribution in [2.24, 2.45) is 0 Å². The summed E-state index contributed by atoms with van der Waals surface area (Å²) in [5.74, 6) is 0.608. The van der Waals surface area contributed by atoms with Gasteiger partial charge in [-0.15, -0.1) is 0 Å². The lowest BCUT2D eigenvalue weighted by Crippen LogP contribution is -2.40. The van der Waals surface area contributed by atoms with Crippen LogP contribution in [0.25, 0.3) is 16.9 Å². The molecule has 0 N–H and O–H groups in total. The first-order valence-electron chi connectivity index (χ1n) is 15.5. The Morgan fingerprint density at radius 1 is 0.867 bits per heavy atom. The number of rotatable bonds is 7. The molecule has 0 saturated heterocycles. The number of thioether (sulfide) groups is 1. The fraction of sp³-hybridized carbons (Fsp3) is 0.237. The van der Waals surface area contributed by atoms with Crippen LogP contribution in [0.4, 0.5) is 11.4 Å². The Kier molecular flexibility index (Phi) is 7.80. The minimum Gasteiger partial charge on any atom is -0.497 e. The van der Waals surface area contributed by atoms with Crippen molar-refractivity contribution in [3.63, 3.8) is 0 Å². The molecule has 1 spiro atoms. The molecular weight excluding hydrogens is 579 g/mol. The van der Waals surface area contributed by atoms with Gasteiger partial charge in [-0.1, -0.05) is 85.3 Å². The Labute approximate surface area is 267 Å². The van der Waals surface area contributed by atoms with Crippen LogP contribution in [0.2, 0.25) is 0 Å². The zero-order valence-corrected chi connectivity index (χ0v) is 26.3. The minimum absolute atomic E-state index is 0.0494. The molecule has 1 saturated carbocycles. The number of anilines is 2. The summed E-state index contributed by atoms with van der Waals surface area (Å²) in [6.07, 6.45) is 4.98. The average molecular weight is 614 g/mol. The topological polar surface area (TPSA) is 64.4 Å². The van der Waals surface area contributed by atoms with Crippen molar-refractivity contribution in [1.29, 1.82) is 0 Å². The van der Waals surface area contributed by atoms with Gasteiger partial charge in [-0.05, 0) is 80.3 Å². The summed E-state index contributed by atoms with van der Waals surface area (Å²) >= 11 is 1.32. The molecule has 5 aromatic rings. The van der Waals surface area contributed by atoms with Gasteiger partial charge in [-0.25, -0.2) is 4.98 Å². The number of amides is 1. The zero-order chi connectivity index (χ0) is 31.0. The summed E-state index contributed by atoms with van der Waals surface area (Å²) in [4.78, 5) is 36.3. The van der Waals surface area contributed by atoms with Gasteiger partial charge in [0.15, 0.2) is 5.16 Å². The van der Waals surface area contributed by atoms with E-state index in [9.17, 15) is 9.59 Å². The number of para-hydroxylation sites is 2. The van der Waals surface area contributed by atoms with Crippen LogP contribution in [-0.2, 0) is 16.6 Å². The summed E-state index contributed by atoms with van der Waals surface area (Å²) in [5, 5.41) is -0.0603. The molecule has 226 valence electrons. The fourth-order valence-electron chi connectivity index (χ4n) is 7.00. The molecule has 2 aliphatic carbocycles. The first-order valence-corrected chi connectivity index (χ1v) is 16.4. The van der Waals surface area contributed by atoms with Crippen LogP contribution in [0.15, 0.2) is 119 Å². The van der Waals surface area contributed by atoms with Crippen molar-refractivity contribution < 1.29 is 9.53 Å². The normalized spacial score (nSPS) is 15.2. The van der Waals surface area contributed by atoms with E-state index < -0.39 is 5.25 Å². The number of benzene rings is 4. The number of hydrogen-bond acceptors (Lipinski definition) is 5. The quantitative estimate of drug-likeness (QED) is 0.137. The van der Waals surface area contributed by atoms with Gasteiger partial charge in [0.1, 0.15) is 5.75 Å². The van der Waals surface area contributed by atoms with Crippen LogP contribution in [-0.4, -0.2) is 27.8 Å². The van der Waals surface area contributed by atoms with E-state index in [-0.39, 0.29) is 16.9 Å². The molecule has 1 fully saturated rings. The lowest BCUT2D eigenvalue weighted by atomic mass is 9.68. The molecule has 45 heavy (non-hydrogen) atoms. The van der Waals surface area contributed by atoms with Crippen LogP contribution < -0.4 is 15.2 Å². The Hall–Kier alpha value is -4.62. The molecule has 1 heterocycles. The number of nitrogens with zero attached hydrogens (tertiary/aromatic N) is 3. The van der Waals surface area contributed by atoms with Gasteiger partial charge in [-0.3, -0.25) is 19.1 Å². The van der Waals surface area contributed by atoms with Crippen LogP contribution in [0.1, 0.15) is 43.7 Å². The SMILES string of the molecule is COc1ccc(-n2c(S[C@H](C)C(=O)N(c3ccccc3)c3ccccc3)nc3c(c2=O)C2(CCCC2)Cc2ccccc2-3)cc1. The summed E-state index contributed by atoms with van der Waals surface area (Å²) in [6.45, 7) is 1.89. The number of ether oxygens (including phenoxy) is 1. The molecule has 2 aliphatic rings. The third-order valence-electron chi connectivity index (χ3n) is 9.15. The molecule has 0 bridgehead atoms. The molecule has 0 radical (unpaired) electrons. The predicted molar refractivity (Wildman–Crippen MR) is 181 cm³/mol. The molecular formula is C38H35N3O3S. The maximum atomic E-state index is 14.9. The van der Waals surface area contributed by atoms with Crippen LogP contribution in [0.3, 0.4) is 0 Å².